The topological polar surface area (TPSA) is 53.1 Å². The van der Waals surface area contributed by atoms with Crippen molar-refractivity contribution in [2.75, 3.05) is 24.5 Å². The van der Waals surface area contributed by atoms with Gasteiger partial charge in [0, 0.05) is 98.7 Å². The van der Waals surface area contributed by atoms with Crippen LogP contribution in [0.1, 0.15) is 0 Å². The molecule has 0 saturated heterocycles. The normalized spacial score (nSPS) is 13.1. The number of anilines is 15. The van der Waals surface area contributed by atoms with Crippen LogP contribution in [0.4, 0.5) is 103 Å². The molecule has 0 N–H and O–H groups in total. The number of hydrogen-bond acceptors (Lipinski definition) is 9. The third-order valence-electron chi connectivity index (χ3n) is 21.2. The fourth-order valence-corrected chi connectivity index (χ4v) is 16.9. The fourth-order valence-electron chi connectivity index (χ4n) is 16.9. The smallest absolute Gasteiger partial charge is 0.260 e. The molecule has 0 aliphatic carbocycles. The third kappa shape index (κ3) is 9.46. The van der Waals surface area contributed by atoms with Gasteiger partial charge in [0.1, 0.15) is 80.6 Å². The molecule has 9 nitrogen and oxygen atoms in total. The third-order valence-corrected chi connectivity index (χ3v) is 21.2. The minimum Gasteiger partial charge on any atom is -0.458 e. The van der Waals surface area contributed by atoms with Crippen LogP contribution in [0.25, 0.3) is 0 Å². The first-order valence-electron chi connectivity index (χ1n) is 35.2. The zero-order chi connectivity index (χ0) is 70.4. The number of halogens is 4. The molecule has 6 heterocycles. The largest absolute Gasteiger partial charge is 0.458 e. The van der Waals surface area contributed by atoms with E-state index in [9.17, 15) is 0 Å². The summed E-state index contributed by atoms with van der Waals surface area (Å²) in [5, 5.41) is 0. The highest BCUT2D eigenvalue weighted by Crippen LogP contribution is 2.52. The highest BCUT2D eigenvalue weighted by molar-refractivity contribution is 7.03. The van der Waals surface area contributed by atoms with Gasteiger partial charge in [-0.25, -0.2) is 17.6 Å². The van der Waals surface area contributed by atoms with Crippen LogP contribution in [-0.4, -0.2) is 20.1 Å². The SMILES string of the molecule is Fc1cccc(F)c1N1c2cc3c(cc2B2c4ccccc4Oc4cc(N(c5ccccc5)c5ccccc5)cc1c42)B1c2cc4c(cc2Oc2cc(N(c5ccccc5)c5ccccc5)cc(c21)O3)N(c1c(F)cccc1F)c1cc(N(c2ccccc2)c2ccccc2)cc2c1B4c1ccccc1O2. The second-order valence-electron chi connectivity index (χ2n) is 27.1. The number of para-hydroxylation sites is 10. The first kappa shape index (κ1) is 61.1. The van der Waals surface area contributed by atoms with E-state index in [1.165, 1.54) is 36.4 Å². The molecule has 0 aromatic heterocycles. The van der Waals surface area contributed by atoms with Crippen LogP contribution in [0.3, 0.4) is 0 Å². The molecule has 0 unspecified atom stereocenters. The molecule has 106 heavy (non-hydrogen) atoms. The molecular weight excluding hydrogens is 1320 g/mol. The Morgan fingerprint density at radius 3 is 0.811 bits per heavy atom. The molecule has 0 bridgehead atoms. The summed E-state index contributed by atoms with van der Waals surface area (Å²) >= 11 is 0. The summed E-state index contributed by atoms with van der Waals surface area (Å²) in [5.41, 5.74) is 15.3. The molecule has 16 heteroatoms. The fraction of sp³-hybridized carbons (Fsp3) is 0. The van der Waals surface area contributed by atoms with Crippen LogP contribution < -0.4 is 92.6 Å². The predicted octanol–water partition coefficient (Wildman–Crippen LogP) is 18.2. The van der Waals surface area contributed by atoms with Gasteiger partial charge >= 0.3 is 0 Å². The predicted molar refractivity (Wildman–Crippen MR) is 420 cm³/mol. The van der Waals surface area contributed by atoms with Crippen molar-refractivity contribution < 1.29 is 36.5 Å². The van der Waals surface area contributed by atoms with E-state index in [2.05, 4.69) is 39.0 Å². The van der Waals surface area contributed by atoms with E-state index >= 15 is 17.6 Å². The number of fused-ring (bicyclic) bond motifs is 12. The van der Waals surface area contributed by atoms with Crippen molar-refractivity contribution in [3.05, 3.63) is 351 Å². The lowest BCUT2D eigenvalue weighted by Crippen LogP contribution is -2.64. The lowest BCUT2D eigenvalue weighted by Gasteiger charge is -2.43. The maximum atomic E-state index is 17.6. The molecule has 6 aliphatic heterocycles. The molecule has 15 aromatic rings. The molecule has 500 valence electrons. The number of rotatable bonds is 11. The van der Waals surface area contributed by atoms with Crippen LogP contribution in [-0.2, 0) is 0 Å². The van der Waals surface area contributed by atoms with Gasteiger partial charge in [0.25, 0.3) is 20.1 Å². The summed E-state index contributed by atoms with van der Waals surface area (Å²) < 4.78 is 99.7. The van der Waals surface area contributed by atoms with Gasteiger partial charge in [-0.3, -0.25) is 0 Å². The van der Waals surface area contributed by atoms with E-state index < -0.39 is 43.4 Å². The molecule has 0 radical (unpaired) electrons. The van der Waals surface area contributed by atoms with E-state index in [0.717, 1.165) is 72.4 Å². The summed E-state index contributed by atoms with van der Waals surface area (Å²) in [6, 6.07) is 104. The Morgan fingerprint density at radius 1 is 0.208 bits per heavy atom. The maximum Gasteiger partial charge on any atom is 0.260 e. The Kier molecular flexibility index (Phi) is 13.8. The molecular formula is C90H54B3F4N5O4. The zero-order valence-electron chi connectivity index (χ0n) is 56.3. The van der Waals surface area contributed by atoms with E-state index in [1.807, 2.05) is 267 Å². The first-order chi connectivity index (χ1) is 52.2. The van der Waals surface area contributed by atoms with Crippen molar-refractivity contribution in [2.45, 2.75) is 0 Å². The zero-order valence-corrected chi connectivity index (χ0v) is 56.3. The van der Waals surface area contributed by atoms with Gasteiger partial charge in [-0.2, -0.15) is 0 Å². The Bertz CT molecular complexity index is 5630. The second kappa shape index (κ2) is 24.0. The van der Waals surface area contributed by atoms with Gasteiger partial charge in [-0.15, -0.1) is 0 Å². The number of benzene rings is 15. The molecule has 0 fully saturated rings. The molecule has 0 spiro atoms. The standard InChI is InChI=1S/C90H54B3F4N5O4/c94-70-39-23-40-71(95)89(70)101-74-53-80-68(51-66(74)91-64-37-19-21-43-78(64)103-82-47-61(45-76(101)86(82)91)98(55-25-7-1-8-26-55)56-27-9-2-10-28-56)93-69-52-67-75(54-81(69)106-85-50-63(49-84(105-80)88(85)93)100(59-33-15-5-16-34-59)60-35-17-6-18-36-60)102(90-72(96)41-24-42-73(90)97)77-46-62(48-83-87(77)92(67)65-38-20-22-44-79(65)104-83)99(57-29-11-3-12-30-57)58-31-13-4-14-32-58/h1-54H. The Hall–Kier alpha value is -13.6. The molecule has 0 atom stereocenters. The first-order valence-corrected chi connectivity index (χ1v) is 35.2. The highest BCUT2D eigenvalue weighted by Gasteiger charge is 2.50. The monoisotopic (exact) mass is 1380 g/mol. The van der Waals surface area contributed by atoms with Crippen LogP contribution >= 0.6 is 0 Å². The second-order valence-corrected chi connectivity index (χ2v) is 27.1. The maximum absolute atomic E-state index is 17.6. The molecule has 15 aromatic carbocycles. The molecule has 6 aliphatic rings. The average Bonchev–Trinajstić information content (AvgIpc) is 0.691. The van der Waals surface area contributed by atoms with Crippen LogP contribution in [0, 0.1) is 23.3 Å². The minimum atomic E-state index is -0.781. The average molecular weight is 1380 g/mol. The molecule has 21 rings (SSSR count). The van der Waals surface area contributed by atoms with Crippen molar-refractivity contribution in [1.29, 1.82) is 0 Å². The minimum absolute atomic E-state index is 0.288. The van der Waals surface area contributed by atoms with Crippen molar-refractivity contribution in [3.63, 3.8) is 0 Å². The van der Waals surface area contributed by atoms with Gasteiger partial charge in [0.2, 0.25) is 0 Å². The Labute approximate surface area is 609 Å². The van der Waals surface area contributed by atoms with Crippen LogP contribution in [0.2, 0.25) is 0 Å². The summed E-state index contributed by atoms with van der Waals surface area (Å²) in [5.74, 6) is 0.911. The van der Waals surface area contributed by atoms with Gasteiger partial charge in [0.05, 0.1) is 17.1 Å². The number of ether oxygens (including phenoxy) is 4. The Balaban J connectivity index is 0.840. The molecule has 0 amide bonds. The van der Waals surface area contributed by atoms with Gasteiger partial charge < -0.3 is 43.4 Å². The van der Waals surface area contributed by atoms with Crippen molar-refractivity contribution in [2.24, 2.45) is 0 Å². The van der Waals surface area contributed by atoms with Crippen LogP contribution in [0.5, 0.6) is 46.0 Å². The Morgan fingerprint density at radius 2 is 0.481 bits per heavy atom. The summed E-state index contributed by atoms with van der Waals surface area (Å²) in [6.45, 7) is -1.83. The van der Waals surface area contributed by atoms with Gasteiger partial charge in [-0.1, -0.05) is 170 Å². The van der Waals surface area contributed by atoms with Crippen molar-refractivity contribution in [3.8, 4) is 46.0 Å². The lowest BCUT2D eigenvalue weighted by atomic mass is 9.30. The van der Waals surface area contributed by atoms with Gasteiger partial charge in [0.15, 0.2) is 0 Å². The summed E-state index contributed by atoms with van der Waals surface area (Å²) in [4.78, 5) is 9.77. The van der Waals surface area contributed by atoms with E-state index in [-0.39, 0.29) is 11.4 Å². The van der Waals surface area contributed by atoms with Crippen molar-refractivity contribution >= 4 is 155 Å². The van der Waals surface area contributed by atoms with Crippen molar-refractivity contribution in [1.82, 2.24) is 0 Å². The quantitative estimate of drug-likeness (QED) is 0.0931. The summed E-state index contributed by atoms with van der Waals surface area (Å²) in [7, 11) is 0. The highest BCUT2D eigenvalue weighted by atomic mass is 19.1. The lowest BCUT2D eigenvalue weighted by molar-refractivity contribution is 0.465. The van der Waals surface area contributed by atoms with E-state index in [1.54, 1.807) is 9.80 Å². The summed E-state index contributed by atoms with van der Waals surface area (Å²) in [6.07, 6.45) is 0. The number of nitrogens with zero attached hydrogens (tertiary/aromatic N) is 5. The van der Waals surface area contributed by atoms with E-state index in [4.69, 9.17) is 18.9 Å². The van der Waals surface area contributed by atoms with Gasteiger partial charge in [-0.05, 0) is 165 Å². The van der Waals surface area contributed by atoms with E-state index in [0.29, 0.717) is 96.7 Å². The molecule has 0 saturated carbocycles. The number of hydrogen-bond donors (Lipinski definition) is 0. The van der Waals surface area contributed by atoms with Crippen LogP contribution in [0.15, 0.2) is 328 Å².